The van der Waals surface area contributed by atoms with E-state index in [1.807, 2.05) is 18.2 Å². The van der Waals surface area contributed by atoms with Crippen molar-refractivity contribution in [2.45, 2.75) is 43.5 Å². The molecule has 1 fully saturated rings. The Morgan fingerprint density at radius 2 is 1.96 bits per heavy atom. The van der Waals surface area contributed by atoms with Crippen LogP contribution in [0, 0.1) is 5.92 Å². The first-order valence-corrected chi connectivity index (χ1v) is 10.1. The third-order valence-corrected chi connectivity index (χ3v) is 5.66. The Morgan fingerprint density at radius 1 is 1.19 bits per heavy atom. The molecule has 0 spiro atoms. The van der Waals surface area contributed by atoms with E-state index in [0.717, 1.165) is 29.9 Å². The van der Waals surface area contributed by atoms with Gasteiger partial charge < -0.3 is 19.5 Å². The minimum atomic E-state index is -0.406. The first-order chi connectivity index (χ1) is 12.6. The summed E-state index contributed by atoms with van der Waals surface area (Å²) in [5.41, 5.74) is 0. The molecular formula is C19H25NO5S. The lowest BCUT2D eigenvalue weighted by molar-refractivity contribution is -0.146. The van der Waals surface area contributed by atoms with Crippen LogP contribution >= 0.6 is 11.8 Å². The summed E-state index contributed by atoms with van der Waals surface area (Å²) in [7, 11) is 0. The number of amides is 1. The molecule has 6 nitrogen and oxygen atoms in total. The molecule has 2 atom stereocenters. The van der Waals surface area contributed by atoms with Crippen LogP contribution in [-0.2, 0) is 14.3 Å². The van der Waals surface area contributed by atoms with E-state index in [4.69, 9.17) is 14.2 Å². The van der Waals surface area contributed by atoms with Crippen molar-refractivity contribution in [2.75, 3.05) is 25.6 Å². The van der Waals surface area contributed by atoms with Gasteiger partial charge in [-0.15, -0.1) is 11.8 Å². The first-order valence-electron chi connectivity index (χ1n) is 9.09. The molecule has 1 amide bonds. The van der Waals surface area contributed by atoms with Crippen LogP contribution in [0.4, 0.5) is 0 Å². The average Bonchev–Trinajstić information content (AvgIpc) is 2.66. The molecular weight excluding hydrogens is 354 g/mol. The van der Waals surface area contributed by atoms with Gasteiger partial charge in [0.2, 0.25) is 0 Å². The molecule has 1 aromatic rings. The number of carbonyl (C=O) groups excluding carboxylic acids is 2. The molecule has 0 bridgehead atoms. The molecule has 1 aliphatic carbocycles. The van der Waals surface area contributed by atoms with Gasteiger partial charge in [0.05, 0.1) is 5.75 Å². The predicted octanol–water partition coefficient (Wildman–Crippen LogP) is 2.79. The zero-order valence-corrected chi connectivity index (χ0v) is 15.8. The normalized spacial score (nSPS) is 21.7. The van der Waals surface area contributed by atoms with Crippen molar-refractivity contribution in [1.82, 2.24) is 5.32 Å². The molecule has 26 heavy (non-hydrogen) atoms. The topological polar surface area (TPSA) is 73.9 Å². The fraction of sp³-hybridized carbons (Fsp3) is 0.579. The van der Waals surface area contributed by atoms with E-state index in [1.54, 1.807) is 0 Å². The molecule has 0 unspecified atom stereocenters. The molecule has 1 aromatic carbocycles. The summed E-state index contributed by atoms with van der Waals surface area (Å²) in [6.07, 6.45) is 4.50. The third kappa shape index (κ3) is 5.30. The van der Waals surface area contributed by atoms with Gasteiger partial charge in [0.1, 0.15) is 13.2 Å². The van der Waals surface area contributed by atoms with Gasteiger partial charge in [0, 0.05) is 10.9 Å². The van der Waals surface area contributed by atoms with Crippen molar-refractivity contribution in [3.8, 4) is 11.5 Å². The highest BCUT2D eigenvalue weighted by Crippen LogP contribution is 2.34. The van der Waals surface area contributed by atoms with Gasteiger partial charge >= 0.3 is 5.97 Å². The van der Waals surface area contributed by atoms with Crippen molar-refractivity contribution < 1.29 is 23.8 Å². The molecule has 7 heteroatoms. The maximum absolute atomic E-state index is 12.0. The molecule has 0 saturated heterocycles. The number of esters is 1. The van der Waals surface area contributed by atoms with Gasteiger partial charge in [-0.1, -0.05) is 19.8 Å². The van der Waals surface area contributed by atoms with E-state index in [-0.39, 0.29) is 24.3 Å². The second-order valence-corrected chi connectivity index (χ2v) is 7.74. The van der Waals surface area contributed by atoms with Crippen LogP contribution in [0.5, 0.6) is 11.5 Å². The highest BCUT2D eigenvalue weighted by Gasteiger charge is 2.23. The molecule has 1 heterocycles. The van der Waals surface area contributed by atoms with E-state index < -0.39 is 5.97 Å². The van der Waals surface area contributed by atoms with Gasteiger partial charge in [-0.3, -0.25) is 9.59 Å². The third-order valence-electron chi connectivity index (χ3n) is 4.69. The van der Waals surface area contributed by atoms with Crippen LogP contribution in [0.2, 0.25) is 0 Å². The van der Waals surface area contributed by atoms with E-state index >= 15 is 0 Å². The zero-order valence-electron chi connectivity index (χ0n) is 15.0. The summed E-state index contributed by atoms with van der Waals surface area (Å²) in [5.74, 6) is 1.41. The lowest BCUT2D eigenvalue weighted by Gasteiger charge is -2.29. The minimum absolute atomic E-state index is 0.146. The molecule has 0 aromatic heterocycles. The monoisotopic (exact) mass is 379 g/mol. The maximum atomic E-state index is 12.0. The Balaban J connectivity index is 1.38. The highest BCUT2D eigenvalue weighted by molar-refractivity contribution is 8.00. The maximum Gasteiger partial charge on any atom is 0.316 e. The molecule has 142 valence electrons. The van der Waals surface area contributed by atoms with Crippen LogP contribution < -0.4 is 14.8 Å². The fourth-order valence-electron chi connectivity index (χ4n) is 3.22. The van der Waals surface area contributed by atoms with Gasteiger partial charge in [-0.05, 0) is 37.0 Å². The van der Waals surface area contributed by atoms with Crippen molar-refractivity contribution in [2.24, 2.45) is 5.92 Å². The number of carbonyl (C=O) groups is 2. The number of rotatable bonds is 6. The predicted molar refractivity (Wildman–Crippen MR) is 98.7 cm³/mol. The van der Waals surface area contributed by atoms with E-state index in [9.17, 15) is 9.59 Å². The fourth-order valence-corrected chi connectivity index (χ4v) is 3.95. The largest absolute Gasteiger partial charge is 0.486 e. The average molecular weight is 379 g/mol. The number of fused-ring (bicyclic) bond motifs is 1. The summed E-state index contributed by atoms with van der Waals surface area (Å²) < 4.78 is 16.1. The lowest BCUT2D eigenvalue weighted by Crippen LogP contribution is -2.43. The Hall–Kier alpha value is -1.89. The molecule has 0 radical (unpaired) electrons. The summed E-state index contributed by atoms with van der Waals surface area (Å²) in [5, 5.41) is 2.98. The molecule has 1 N–H and O–H groups in total. The number of hydrogen-bond donors (Lipinski definition) is 1. The summed E-state index contributed by atoms with van der Waals surface area (Å²) in [4.78, 5) is 24.8. The highest BCUT2D eigenvalue weighted by atomic mass is 32.2. The summed E-state index contributed by atoms with van der Waals surface area (Å²) in [6, 6.07) is 5.76. The number of nitrogens with one attached hydrogen (secondary N) is 1. The second-order valence-electron chi connectivity index (χ2n) is 6.69. The first kappa shape index (κ1) is 18.9. The SMILES string of the molecule is C[C@H]1CCCC[C@H]1NC(=O)COC(=O)CSc1ccc2c(c1)OCCO2. The standard InChI is InChI=1S/C19H25NO5S/c1-13-4-2-3-5-15(13)20-18(21)11-25-19(22)12-26-14-6-7-16-17(10-14)24-9-8-23-16/h6-7,10,13,15H,2-5,8-9,11-12H2,1H3,(H,20,21)/t13-,15+/m0/s1. The van der Waals surface area contributed by atoms with Gasteiger partial charge in [-0.25, -0.2) is 0 Å². The van der Waals surface area contributed by atoms with E-state index in [1.165, 1.54) is 18.2 Å². The molecule has 1 aliphatic heterocycles. The van der Waals surface area contributed by atoms with Gasteiger partial charge in [-0.2, -0.15) is 0 Å². The summed E-state index contributed by atoms with van der Waals surface area (Å²) >= 11 is 1.35. The van der Waals surface area contributed by atoms with Gasteiger partial charge in [0.15, 0.2) is 18.1 Å². The van der Waals surface area contributed by atoms with Crippen molar-refractivity contribution >= 4 is 23.6 Å². The number of benzene rings is 1. The van der Waals surface area contributed by atoms with Crippen LogP contribution in [0.15, 0.2) is 23.1 Å². The Morgan fingerprint density at radius 3 is 2.77 bits per heavy atom. The van der Waals surface area contributed by atoms with Crippen LogP contribution in [0.3, 0.4) is 0 Å². The Kier molecular flexibility index (Phi) is 6.66. The molecule has 1 saturated carbocycles. The van der Waals surface area contributed by atoms with Gasteiger partial charge in [0.25, 0.3) is 5.91 Å². The van der Waals surface area contributed by atoms with Crippen LogP contribution in [0.25, 0.3) is 0 Å². The van der Waals surface area contributed by atoms with Crippen LogP contribution in [0.1, 0.15) is 32.6 Å². The second kappa shape index (κ2) is 9.16. The van der Waals surface area contributed by atoms with Crippen molar-refractivity contribution in [1.29, 1.82) is 0 Å². The van der Waals surface area contributed by atoms with Crippen molar-refractivity contribution in [3.63, 3.8) is 0 Å². The number of thioether (sulfide) groups is 1. The van der Waals surface area contributed by atoms with E-state index in [2.05, 4.69) is 12.2 Å². The smallest absolute Gasteiger partial charge is 0.316 e. The quantitative estimate of drug-likeness (QED) is 0.605. The Labute approximate surface area is 158 Å². The van der Waals surface area contributed by atoms with Crippen LogP contribution in [-0.4, -0.2) is 43.5 Å². The zero-order chi connectivity index (χ0) is 18.4. The lowest BCUT2D eigenvalue weighted by atomic mass is 9.86. The summed E-state index contributed by atoms with van der Waals surface area (Å²) in [6.45, 7) is 3.01. The number of hydrogen-bond acceptors (Lipinski definition) is 6. The molecule has 2 aliphatic rings. The Bertz CT molecular complexity index is 651. The van der Waals surface area contributed by atoms with Crippen molar-refractivity contribution in [3.05, 3.63) is 18.2 Å². The molecule has 3 rings (SSSR count). The minimum Gasteiger partial charge on any atom is -0.486 e. The van der Waals surface area contributed by atoms with E-state index in [0.29, 0.717) is 24.9 Å². The number of ether oxygens (including phenoxy) is 3.